The number of rotatable bonds is 1. The first-order valence-corrected chi connectivity index (χ1v) is 5.25. The summed E-state index contributed by atoms with van der Waals surface area (Å²) in [5.74, 6) is 1.50. The topological polar surface area (TPSA) is 99.9 Å². The molecule has 3 rings (SSSR count). The molecule has 0 aromatic carbocycles. The SMILES string of the molecule is Nc1nccc(-c2cnc(N)c3c2OCC3)n1. The number of pyridine rings is 1. The second kappa shape index (κ2) is 3.58. The summed E-state index contributed by atoms with van der Waals surface area (Å²) in [6.45, 7) is 0.624. The number of hydrogen-bond donors (Lipinski definition) is 2. The largest absolute Gasteiger partial charge is 0.492 e. The van der Waals surface area contributed by atoms with Crippen LogP contribution in [0.25, 0.3) is 11.3 Å². The van der Waals surface area contributed by atoms with Gasteiger partial charge in [-0.2, -0.15) is 0 Å². The lowest BCUT2D eigenvalue weighted by Gasteiger charge is -2.08. The zero-order chi connectivity index (χ0) is 11.8. The van der Waals surface area contributed by atoms with E-state index < -0.39 is 0 Å². The fourth-order valence-electron chi connectivity index (χ4n) is 1.92. The minimum Gasteiger partial charge on any atom is -0.492 e. The Labute approximate surface area is 97.7 Å². The standard InChI is InChI=1S/C11H11N5O/c12-10-6-2-4-17-9(6)7(5-15-10)8-1-3-14-11(13)16-8/h1,3,5H,2,4H2,(H2,12,15)(H2,13,14,16). The van der Waals surface area contributed by atoms with Crippen molar-refractivity contribution in [2.24, 2.45) is 0 Å². The molecular weight excluding hydrogens is 218 g/mol. The van der Waals surface area contributed by atoms with Gasteiger partial charge in [-0.3, -0.25) is 0 Å². The van der Waals surface area contributed by atoms with Crippen molar-refractivity contribution in [2.45, 2.75) is 6.42 Å². The molecule has 1 aliphatic heterocycles. The fraction of sp³-hybridized carbons (Fsp3) is 0.182. The molecule has 17 heavy (non-hydrogen) atoms. The summed E-state index contributed by atoms with van der Waals surface area (Å²) in [4.78, 5) is 12.2. The Morgan fingerprint density at radius 2 is 2.12 bits per heavy atom. The Morgan fingerprint density at radius 3 is 2.94 bits per heavy atom. The summed E-state index contributed by atoms with van der Waals surface area (Å²) in [5, 5.41) is 0. The summed E-state index contributed by atoms with van der Waals surface area (Å²) in [5.41, 5.74) is 13.8. The van der Waals surface area contributed by atoms with Crippen LogP contribution in [-0.4, -0.2) is 21.6 Å². The van der Waals surface area contributed by atoms with Crippen molar-refractivity contribution in [2.75, 3.05) is 18.1 Å². The molecule has 0 fully saturated rings. The second-order valence-electron chi connectivity index (χ2n) is 3.76. The van der Waals surface area contributed by atoms with E-state index in [-0.39, 0.29) is 5.95 Å². The Bertz CT molecular complexity index is 584. The monoisotopic (exact) mass is 229 g/mol. The van der Waals surface area contributed by atoms with Crippen LogP contribution in [-0.2, 0) is 6.42 Å². The van der Waals surface area contributed by atoms with E-state index in [0.29, 0.717) is 18.1 Å². The number of nitrogen functional groups attached to an aromatic ring is 2. The maximum absolute atomic E-state index is 5.80. The maximum Gasteiger partial charge on any atom is 0.220 e. The first-order chi connectivity index (χ1) is 8.25. The van der Waals surface area contributed by atoms with Gasteiger partial charge in [-0.05, 0) is 6.07 Å². The van der Waals surface area contributed by atoms with E-state index in [0.717, 1.165) is 23.3 Å². The molecule has 0 unspecified atom stereocenters. The molecule has 0 spiro atoms. The van der Waals surface area contributed by atoms with Crippen molar-refractivity contribution < 1.29 is 4.74 Å². The van der Waals surface area contributed by atoms with Gasteiger partial charge in [-0.15, -0.1) is 0 Å². The zero-order valence-electron chi connectivity index (χ0n) is 9.05. The van der Waals surface area contributed by atoms with Crippen molar-refractivity contribution in [3.63, 3.8) is 0 Å². The highest BCUT2D eigenvalue weighted by molar-refractivity contribution is 5.72. The number of aromatic nitrogens is 3. The average molecular weight is 229 g/mol. The molecule has 0 aliphatic carbocycles. The van der Waals surface area contributed by atoms with Crippen molar-refractivity contribution in [1.29, 1.82) is 0 Å². The average Bonchev–Trinajstić information content (AvgIpc) is 2.79. The van der Waals surface area contributed by atoms with Gasteiger partial charge in [0.2, 0.25) is 5.95 Å². The Kier molecular flexibility index (Phi) is 2.07. The highest BCUT2D eigenvalue weighted by Crippen LogP contribution is 2.37. The Hall–Kier alpha value is -2.37. The quantitative estimate of drug-likeness (QED) is 0.744. The molecule has 0 saturated carbocycles. The normalized spacial score (nSPS) is 13.2. The molecule has 0 bridgehead atoms. The molecule has 0 radical (unpaired) electrons. The predicted molar refractivity (Wildman–Crippen MR) is 63.3 cm³/mol. The molecule has 6 nitrogen and oxygen atoms in total. The lowest BCUT2D eigenvalue weighted by Crippen LogP contribution is -1.99. The van der Waals surface area contributed by atoms with E-state index >= 15 is 0 Å². The maximum atomic E-state index is 5.80. The van der Waals surface area contributed by atoms with Crippen LogP contribution in [0.5, 0.6) is 5.75 Å². The molecule has 1 aliphatic rings. The molecule has 6 heteroatoms. The van der Waals surface area contributed by atoms with Gasteiger partial charge in [0, 0.05) is 24.4 Å². The Morgan fingerprint density at radius 1 is 1.24 bits per heavy atom. The number of hydrogen-bond acceptors (Lipinski definition) is 6. The van der Waals surface area contributed by atoms with Gasteiger partial charge in [0.15, 0.2) is 0 Å². The number of anilines is 2. The molecule has 2 aromatic rings. The van der Waals surface area contributed by atoms with Gasteiger partial charge in [-0.25, -0.2) is 15.0 Å². The smallest absolute Gasteiger partial charge is 0.220 e. The molecule has 0 saturated heterocycles. The molecule has 4 N–H and O–H groups in total. The minimum absolute atomic E-state index is 0.228. The van der Waals surface area contributed by atoms with Crippen LogP contribution in [0.15, 0.2) is 18.5 Å². The van der Waals surface area contributed by atoms with Crippen molar-refractivity contribution in [3.05, 3.63) is 24.0 Å². The third-order valence-electron chi connectivity index (χ3n) is 2.71. The fourth-order valence-corrected chi connectivity index (χ4v) is 1.92. The Balaban J connectivity index is 2.19. The van der Waals surface area contributed by atoms with Gasteiger partial charge in [0.05, 0.1) is 17.9 Å². The van der Waals surface area contributed by atoms with E-state index in [1.54, 1.807) is 18.5 Å². The van der Waals surface area contributed by atoms with Crippen LogP contribution in [0.3, 0.4) is 0 Å². The summed E-state index contributed by atoms with van der Waals surface area (Å²) < 4.78 is 5.58. The lowest BCUT2D eigenvalue weighted by atomic mass is 10.1. The van der Waals surface area contributed by atoms with E-state index in [2.05, 4.69) is 15.0 Å². The van der Waals surface area contributed by atoms with Crippen LogP contribution in [0.2, 0.25) is 0 Å². The van der Waals surface area contributed by atoms with Crippen molar-refractivity contribution in [1.82, 2.24) is 15.0 Å². The van der Waals surface area contributed by atoms with Crippen LogP contribution in [0, 0.1) is 0 Å². The van der Waals surface area contributed by atoms with Crippen LogP contribution >= 0.6 is 0 Å². The first kappa shape index (κ1) is 9.83. The number of fused-ring (bicyclic) bond motifs is 1. The van der Waals surface area contributed by atoms with Crippen molar-refractivity contribution in [3.8, 4) is 17.0 Å². The number of nitrogens with two attached hydrogens (primary N) is 2. The van der Waals surface area contributed by atoms with Crippen molar-refractivity contribution >= 4 is 11.8 Å². The molecule has 3 heterocycles. The zero-order valence-corrected chi connectivity index (χ0v) is 9.05. The highest BCUT2D eigenvalue weighted by atomic mass is 16.5. The number of nitrogens with zero attached hydrogens (tertiary/aromatic N) is 3. The third-order valence-corrected chi connectivity index (χ3v) is 2.71. The molecule has 0 amide bonds. The second-order valence-corrected chi connectivity index (χ2v) is 3.76. The van der Waals surface area contributed by atoms with E-state index in [1.807, 2.05) is 0 Å². The molecular formula is C11H11N5O. The summed E-state index contributed by atoms with van der Waals surface area (Å²) in [6, 6.07) is 1.77. The van der Waals surface area contributed by atoms with Crippen LogP contribution in [0.1, 0.15) is 5.56 Å². The van der Waals surface area contributed by atoms with E-state index in [9.17, 15) is 0 Å². The van der Waals surface area contributed by atoms with E-state index in [1.165, 1.54) is 0 Å². The highest BCUT2D eigenvalue weighted by Gasteiger charge is 2.21. The first-order valence-electron chi connectivity index (χ1n) is 5.25. The van der Waals surface area contributed by atoms with Gasteiger partial charge in [-0.1, -0.05) is 0 Å². The van der Waals surface area contributed by atoms with Crippen LogP contribution < -0.4 is 16.2 Å². The van der Waals surface area contributed by atoms with Gasteiger partial charge in [0.25, 0.3) is 0 Å². The summed E-state index contributed by atoms with van der Waals surface area (Å²) in [7, 11) is 0. The summed E-state index contributed by atoms with van der Waals surface area (Å²) >= 11 is 0. The summed E-state index contributed by atoms with van der Waals surface area (Å²) in [6.07, 6.45) is 4.04. The van der Waals surface area contributed by atoms with Crippen LogP contribution in [0.4, 0.5) is 11.8 Å². The van der Waals surface area contributed by atoms with Gasteiger partial charge in [0.1, 0.15) is 11.6 Å². The van der Waals surface area contributed by atoms with Gasteiger partial charge < -0.3 is 16.2 Å². The molecule has 2 aromatic heterocycles. The minimum atomic E-state index is 0.228. The third kappa shape index (κ3) is 1.54. The molecule has 86 valence electrons. The predicted octanol–water partition coefficient (Wildman–Crippen LogP) is 0.638. The molecule has 0 atom stereocenters. The lowest BCUT2D eigenvalue weighted by molar-refractivity contribution is 0.358. The van der Waals surface area contributed by atoms with E-state index in [4.69, 9.17) is 16.2 Å². The van der Waals surface area contributed by atoms with Gasteiger partial charge >= 0.3 is 0 Å². The number of ether oxygens (including phenoxy) is 1.